The van der Waals surface area contributed by atoms with Crippen LogP contribution >= 0.6 is 0 Å². The van der Waals surface area contributed by atoms with Crippen LogP contribution in [0.4, 0.5) is 5.69 Å². The molecule has 88 valence electrons. The molecule has 0 fully saturated rings. The van der Waals surface area contributed by atoms with Crippen LogP contribution in [0, 0.1) is 10.1 Å². The molecule has 0 radical (unpaired) electrons. The maximum atomic E-state index is 11.7. The van der Waals surface area contributed by atoms with Crippen LogP contribution in [-0.2, 0) is 4.74 Å². The molecule has 6 heteroatoms. The second-order valence-corrected chi connectivity index (χ2v) is 3.80. The maximum absolute atomic E-state index is 11.7. The monoisotopic (exact) mass is 243 g/mol. The molecule has 0 saturated heterocycles. The highest BCUT2D eigenvalue weighted by atomic mass is 16.6. The fourth-order valence-electron chi connectivity index (χ4n) is 2.08. The Morgan fingerprint density at radius 3 is 2.56 bits per heavy atom. The van der Waals surface area contributed by atoms with Crippen molar-refractivity contribution in [2.45, 2.75) is 0 Å². The van der Waals surface area contributed by atoms with Gasteiger partial charge in [0.25, 0.3) is 5.69 Å². The molecule has 0 amide bonds. The average molecular weight is 243 g/mol. The van der Waals surface area contributed by atoms with Crippen LogP contribution in [0.25, 0.3) is 10.8 Å². The highest BCUT2D eigenvalue weighted by Crippen LogP contribution is 2.36. The highest BCUT2D eigenvalue weighted by molar-refractivity contribution is 6.20. The molecule has 0 spiro atoms. The molecule has 6 nitrogen and oxygen atoms in total. The van der Waals surface area contributed by atoms with Gasteiger partial charge >= 0.3 is 11.9 Å². The van der Waals surface area contributed by atoms with Crippen LogP contribution in [-0.4, -0.2) is 16.9 Å². The van der Waals surface area contributed by atoms with E-state index in [-0.39, 0.29) is 11.1 Å². The first-order valence-corrected chi connectivity index (χ1v) is 5.06. The van der Waals surface area contributed by atoms with Crippen molar-refractivity contribution in [2.75, 3.05) is 0 Å². The quantitative estimate of drug-likeness (QED) is 0.331. The van der Waals surface area contributed by atoms with E-state index in [1.165, 1.54) is 6.07 Å². The number of nitro benzene ring substituents is 1. The van der Waals surface area contributed by atoms with Gasteiger partial charge in [-0.05, 0) is 11.5 Å². The van der Waals surface area contributed by atoms with E-state index in [4.69, 9.17) is 0 Å². The summed E-state index contributed by atoms with van der Waals surface area (Å²) in [6, 6.07) is 8.01. The van der Waals surface area contributed by atoms with Gasteiger partial charge in [-0.25, -0.2) is 9.59 Å². The number of cyclic esters (lactones) is 2. The minimum Gasteiger partial charge on any atom is -0.385 e. The summed E-state index contributed by atoms with van der Waals surface area (Å²) >= 11 is 0. The zero-order valence-corrected chi connectivity index (χ0v) is 8.88. The second kappa shape index (κ2) is 3.36. The minimum atomic E-state index is -0.982. The zero-order chi connectivity index (χ0) is 12.9. The minimum absolute atomic E-state index is 0.160. The number of benzene rings is 2. The molecule has 18 heavy (non-hydrogen) atoms. The van der Waals surface area contributed by atoms with E-state index in [9.17, 15) is 19.7 Å². The van der Waals surface area contributed by atoms with E-state index >= 15 is 0 Å². The van der Waals surface area contributed by atoms with Gasteiger partial charge in [0.15, 0.2) is 0 Å². The number of hydrogen-bond donors (Lipinski definition) is 0. The van der Waals surface area contributed by atoms with Crippen LogP contribution in [0.1, 0.15) is 20.7 Å². The van der Waals surface area contributed by atoms with Crippen LogP contribution in [0.5, 0.6) is 0 Å². The van der Waals surface area contributed by atoms with Gasteiger partial charge in [0.2, 0.25) is 0 Å². The topological polar surface area (TPSA) is 86.5 Å². The maximum Gasteiger partial charge on any atom is 0.353 e. The fourth-order valence-corrected chi connectivity index (χ4v) is 2.08. The Morgan fingerprint density at radius 1 is 1.11 bits per heavy atom. The summed E-state index contributed by atoms with van der Waals surface area (Å²) in [6.07, 6.45) is 0. The van der Waals surface area contributed by atoms with Crippen molar-refractivity contribution in [3.63, 3.8) is 0 Å². The first-order chi connectivity index (χ1) is 8.59. The smallest absolute Gasteiger partial charge is 0.353 e. The van der Waals surface area contributed by atoms with E-state index < -0.39 is 22.5 Å². The summed E-state index contributed by atoms with van der Waals surface area (Å²) in [7, 11) is 0. The molecule has 1 aliphatic heterocycles. The van der Waals surface area contributed by atoms with Gasteiger partial charge in [0, 0.05) is 5.39 Å². The summed E-state index contributed by atoms with van der Waals surface area (Å²) < 4.78 is 4.48. The predicted molar refractivity (Wildman–Crippen MR) is 60.3 cm³/mol. The van der Waals surface area contributed by atoms with Crippen molar-refractivity contribution < 1.29 is 19.2 Å². The molecule has 0 N–H and O–H groups in total. The van der Waals surface area contributed by atoms with E-state index in [0.717, 1.165) is 0 Å². The van der Waals surface area contributed by atoms with Crippen LogP contribution in [0.2, 0.25) is 0 Å². The van der Waals surface area contributed by atoms with Gasteiger partial charge in [-0.2, -0.15) is 0 Å². The van der Waals surface area contributed by atoms with E-state index in [2.05, 4.69) is 4.74 Å². The van der Waals surface area contributed by atoms with Gasteiger partial charge in [0.05, 0.1) is 4.92 Å². The summed E-state index contributed by atoms with van der Waals surface area (Å²) in [5.74, 6) is -1.96. The summed E-state index contributed by atoms with van der Waals surface area (Å²) in [6.45, 7) is 0. The second-order valence-electron chi connectivity index (χ2n) is 3.80. The van der Waals surface area contributed by atoms with Crippen molar-refractivity contribution in [3.8, 4) is 0 Å². The molecular formula is C12H5NO5. The first-order valence-electron chi connectivity index (χ1n) is 5.06. The normalized spacial score (nSPS) is 13.6. The van der Waals surface area contributed by atoms with Crippen molar-refractivity contribution in [2.24, 2.45) is 0 Å². The van der Waals surface area contributed by atoms with Gasteiger partial charge in [-0.3, -0.25) is 10.1 Å². The molecule has 2 aromatic rings. The van der Waals surface area contributed by atoms with E-state index in [1.54, 1.807) is 24.3 Å². The number of nitro groups is 1. The van der Waals surface area contributed by atoms with Crippen LogP contribution in [0.15, 0.2) is 30.3 Å². The number of esters is 2. The standard InChI is InChI=1S/C12H5NO5/c14-11-8-5-6-3-1-2-4-7(6)9(12(15)18-11)10(8)13(16)17/h1-5H. The Labute approximate surface area is 99.9 Å². The average Bonchev–Trinajstić information content (AvgIpc) is 2.34. The number of fused-ring (bicyclic) bond motifs is 4. The Bertz CT molecular complexity index is 735. The predicted octanol–water partition coefficient (Wildman–Crippen LogP) is 2.06. The van der Waals surface area contributed by atoms with Gasteiger partial charge in [-0.1, -0.05) is 24.3 Å². The number of carbonyl (C=O) groups excluding carboxylic acids is 2. The molecular weight excluding hydrogens is 238 g/mol. The molecule has 0 unspecified atom stereocenters. The van der Waals surface area contributed by atoms with Crippen molar-refractivity contribution >= 4 is 28.4 Å². The van der Waals surface area contributed by atoms with Crippen molar-refractivity contribution in [1.29, 1.82) is 0 Å². The van der Waals surface area contributed by atoms with Crippen molar-refractivity contribution in [1.82, 2.24) is 0 Å². The third-order valence-corrected chi connectivity index (χ3v) is 2.81. The number of ether oxygens (including phenoxy) is 1. The van der Waals surface area contributed by atoms with Gasteiger partial charge in [-0.15, -0.1) is 0 Å². The van der Waals surface area contributed by atoms with E-state index in [0.29, 0.717) is 10.8 Å². The van der Waals surface area contributed by atoms with E-state index in [1.807, 2.05) is 0 Å². The third-order valence-electron chi connectivity index (χ3n) is 2.81. The lowest BCUT2D eigenvalue weighted by atomic mass is 9.96. The lowest BCUT2D eigenvalue weighted by molar-refractivity contribution is -0.385. The highest BCUT2D eigenvalue weighted by Gasteiger charge is 2.38. The lowest BCUT2D eigenvalue weighted by Gasteiger charge is -2.14. The fraction of sp³-hybridized carbons (Fsp3) is 0. The molecule has 1 heterocycles. The van der Waals surface area contributed by atoms with Crippen LogP contribution in [0.3, 0.4) is 0 Å². The summed E-state index contributed by atoms with van der Waals surface area (Å²) in [5.41, 5.74) is -0.823. The van der Waals surface area contributed by atoms with Gasteiger partial charge in [0.1, 0.15) is 11.1 Å². The molecule has 1 aliphatic rings. The Morgan fingerprint density at radius 2 is 1.83 bits per heavy atom. The van der Waals surface area contributed by atoms with Crippen molar-refractivity contribution in [3.05, 3.63) is 51.6 Å². The SMILES string of the molecule is O=C1OC(=O)c2c([N+](=O)[O-])c1cc1ccccc21. The lowest BCUT2D eigenvalue weighted by Crippen LogP contribution is -2.22. The number of rotatable bonds is 1. The number of carbonyl (C=O) groups is 2. The van der Waals surface area contributed by atoms with Crippen LogP contribution < -0.4 is 0 Å². The molecule has 0 atom stereocenters. The number of hydrogen-bond acceptors (Lipinski definition) is 5. The Hall–Kier alpha value is -2.76. The molecule has 2 bridgehead atoms. The summed E-state index contributed by atoms with van der Waals surface area (Å²) in [5, 5.41) is 12.0. The molecule has 3 rings (SSSR count). The largest absolute Gasteiger partial charge is 0.385 e. The molecule has 2 aromatic carbocycles. The van der Waals surface area contributed by atoms with Gasteiger partial charge < -0.3 is 4.74 Å². The summed E-state index contributed by atoms with van der Waals surface area (Å²) in [4.78, 5) is 33.4. The zero-order valence-electron chi connectivity index (χ0n) is 8.88. The molecule has 0 aliphatic carbocycles. The Kier molecular flexibility index (Phi) is 1.94. The molecule has 0 aromatic heterocycles. The third kappa shape index (κ3) is 1.22. The Balaban J connectivity index is 2.56. The number of nitrogens with zero attached hydrogens (tertiary/aromatic N) is 1. The first kappa shape index (κ1) is 10.4. The molecule has 0 saturated carbocycles.